The number of carbonyl (C=O) groups is 1. The molecule has 374 valence electrons. The first-order valence-electron chi connectivity index (χ1n) is 25.9. The molecule has 1 aliphatic heterocycles. The summed E-state index contributed by atoms with van der Waals surface area (Å²) in [6.45, 7) is 3.95. The second-order valence-electron chi connectivity index (χ2n) is 18.1. The van der Waals surface area contributed by atoms with Crippen LogP contribution in [0.5, 0.6) is 0 Å². The highest BCUT2D eigenvalue weighted by atomic mass is 32.3. The summed E-state index contributed by atoms with van der Waals surface area (Å²) in [6.07, 6.45) is 38.5. The van der Waals surface area contributed by atoms with E-state index in [0.29, 0.717) is 13.0 Å². The number of allylic oxidation sites excluding steroid dienone is 2. The van der Waals surface area contributed by atoms with Crippen LogP contribution in [0.25, 0.3) is 0 Å². The minimum atomic E-state index is -5.06. The number of rotatable bonds is 46. The van der Waals surface area contributed by atoms with Crippen molar-refractivity contribution in [3.05, 3.63) is 12.2 Å². The fourth-order valence-corrected chi connectivity index (χ4v) is 8.72. The molecule has 1 saturated heterocycles. The summed E-state index contributed by atoms with van der Waals surface area (Å²) in [5.74, 6) is -0.406. The molecule has 63 heavy (non-hydrogen) atoms. The van der Waals surface area contributed by atoms with Crippen molar-refractivity contribution < 1.29 is 56.2 Å². The van der Waals surface area contributed by atoms with E-state index in [1.165, 1.54) is 148 Å². The molecule has 0 radical (unpaired) electrons. The van der Waals surface area contributed by atoms with Crippen molar-refractivity contribution in [3.63, 3.8) is 0 Å². The van der Waals surface area contributed by atoms with Crippen LogP contribution in [-0.2, 0) is 38.3 Å². The summed E-state index contributed by atoms with van der Waals surface area (Å²) < 4.78 is 59.1. The Kier molecular flexibility index (Phi) is 40.1. The zero-order chi connectivity index (χ0) is 46.1. The predicted octanol–water partition coefficient (Wildman–Crippen LogP) is 11.8. The van der Waals surface area contributed by atoms with E-state index in [4.69, 9.17) is 23.5 Å². The van der Waals surface area contributed by atoms with Gasteiger partial charge in [0.05, 0.1) is 19.8 Å². The number of aliphatic hydroxyl groups is 3. The van der Waals surface area contributed by atoms with Gasteiger partial charge in [-0.25, -0.2) is 4.18 Å². The number of carbonyl (C=O) groups excluding carboxylic acids is 1. The third-order valence-electron chi connectivity index (χ3n) is 12.1. The lowest BCUT2D eigenvalue weighted by molar-refractivity contribution is -0.301. The Balaban J connectivity index is 2.23. The number of hydrogen-bond donors (Lipinski definition) is 4. The van der Waals surface area contributed by atoms with Gasteiger partial charge in [0.15, 0.2) is 6.29 Å². The maximum absolute atomic E-state index is 12.8. The van der Waals surface area contributed by atoms with Gasteiger partial charge in [0.1, 0.15) is 30.5 Å². The summed E-state index contributed by atoms with van der Waals surface area (Å²) in [6, 6.07) is 0. The van der Waals surface area contributed by atoms with E-state index in [1.54, 1.807) is 0 Å². The van der Waals surface area contributed by atoms with Gasteiger partial charge in [0.2, 0.25) is 0 Å². The van der Waals surface area contributed by atoms with Gasteiger partial charge in [0.25, 0.3) is 0 Å². The van der Waals surface area contributed by atoms with Crippen LogP contribution in [0, 0.1) is 0 Å². The van der Waals surface area contributed by atoms with Crippen LogP contribution < -0.4 is 0 Å². The van der Waals surface area contributed by atoms with E-state index in [2.05, 4.69) is 30.2 Å². The molecule has 0 aliphatic carbocycles. The predicted molar refractivity (Wildman–Crippen MR) is 253 cm³/mol. The standard InChI is InChI=1S/C50H96O12S/c1-3-5-7-9-11-13-15-16-17-18-19-20-21-22-23-24-25-26-27-28-29-30-32-34-36-38-40-58-42-44(60-46(52)39-37-35-33-31-14-12-10-8-6-4-2)43-59-50-48(54)49(62-63(55,56)57)47(53)45(41-51)61-50/h8,10,44-45,47-51,53-54H,3-7,9,11-43H2,1-2H3,(H,55,56,57)/b10-8-. The number of aliphatic hydroxyl groups excluding tert-OH is 3. The van der Waals surface area contributed by atoms with Gasteiger partial charge < -0.3 is 34.3 Å². The van der Waals surface area contributed by atoms with Crippen LogP contribution in [0.1, 0.15) is 239 Å². The molecule has 1 fully saturated rings. The molecule has 0 saturated carbocycles. The molecule has 0 bridgehead atoms. The molecule has 6 atom stereocenters. The molecular formula is C50H96O12S. The van der Waals surface area contributed by atoms with Crippen LogP contribution in [0.15, 0.2) is 12.2 Å². The normalized spacial score (nSPS) is 19.9. The van der Waals surface area contributed by atoms with Gasteiger partial charge >= 0.3 is 16.4 Å². The molecule has 1 heterocycles. The van der Waals surface area contributed by atoms with E-state index in [1.807, 2.05) is 0 Å². The van der Waals surface area contributed by atoms with Crippen molar-refractivity contribution in [2.75, 3.05) is 26.4 Å². The van der Waals surface area contributed by atoms with Crippen LogP contribution in [0.4, 0.5) is 0 Å². The fourth-order valence-electron chi connectivity index (χ4n) is 8.21. The van der Waals surface area contributed by atoms with Crippen molar-refractivity contribution in [2.45, 2.75) is 275 Å². The van der Waals surface area contributed by atoms with E-state index in [-0.39, 0.29) is 19.6 Å². The third-order valence-corrected chi connectivity index (χ3v) is 12.6. The molecule has 13 heteroatoms. The average Bonchev–Trinajstić information content (AvgIpc) is 3.26. The van der Waals surface area contributed by atoms with Gasteiger partial charge in [-0.2, -0.15) is 8.42 Å². The Labute approximate surface area is 385 Å². The van der Waals surface area contributed by atoms with Gasteiger partial charge in [0, 0.05) is 13.0 Å². The zero-order valence-corrected chi connectivity index (χ0v) is 41.0. The van der Waals surface area contributed by atoms with Crippen molar-refractivity contribution >= 4 is 16.4 Å². The Bertz CT molecular complexity index is 1150. The first-order valence-corrected chi connectivity index (χ1v) is 27.3. The SMILES string of the molecule is CCC/C=C\CCCCCCCC(=O)OC(COCCCCCCCCCCCCCCCCCCCCCCCCCCCC)COC1OC(CO)C(O)C(OS(=O)(=O)O)C1O. The monoisotopic (exact) mass is 921 g/mol. The minimum Gasteiger partial charge on any atom is -0.457 e. The lowest BCUT2D eigenvalue weighted by Crippen LogP contribution is -2.60. The number of hydrogen-bond acceptors (Lipinski definition) is 11. The molecule has 0 amide bonds. The van der Waals surface area contributed by atoms with Crippen molar-refractivity contribution in [1.82, 2.24) is 0 Å². The molecular weight excluding hydrogens is 825 g/mol. The van der Waals surface area contributed by atoms with Crippen molar-refractivity contribution in [1.29, 1.82) is 0 Å². The number of unbranched alkanes of at least 4 members (excludes halogenated alkanes) is 31. The topological polar surface area (TPSA) is 178 Å². The van der Waals surface area contributed by atoms with Crippen molar-refractivity contribution in [2.24, 2.45) is 0 Å². The maximum Gasteiger partial charge on any atom is 0.397 e. The maximum atomic E-state index is 12.8. The molecule has 1 rings (SSSR count). The van der Waals surface area contributed by atoms with Crippen LogP contribution in [-0.4, -0.2) is 97.5 Å². The lowest BCUT2D eigenvalue weighted by atomic mass is 9.99. The number of esters is 1. The van der Waals surface area contributed by atoms with E-state index >= 15 is 0 Å². The molecule has 12 nitrogen and oxygen atoms in total. The van der Waals surface area contributed by atoms with Crippen LogP contribution in [0.3, 0.4) is 0 Å². The fraction of sp³-hybridized carbons (Fsp3) is 0.940. The van der Waals surface area contributed by atoms with E-state index in [0.717, 1.165) is 64.2 Å². The second kappa shape index (κ2) is 42.2. The van der Waals surface area contributed by atoms with Crippen LogP contribution >= 0.6 is 0 Å². The zero-order valence-electron chi connectivity index (χ0n) is 40.2. The summed E-state index contributed by atoms with van der Waals surface area (Å²) in [5.41, 5.74) is 0. The molecule has 0 spiro atoms. The molecule has 0 aromatic rings. The highest BCUT2D eigenvalue weighted by molar-refractivity contribution is 7.80. The Morgan fingerprint density at radius 3 is 1.49 bits per heavy atom. The van der Waals surface area contributed by atoms with Gasteiger partial charge in [-0.3, -0.25) is 9.35 Å². The van der Waals surface area contributed by atoms with Gasteiger partial charge in [-0.15, -0.1) is 0 Å². The third kappa shape index (κ3) is 35.7. The first kappa shape index (κ1) is 59.9. The quantitative estimate of drug-likeness (QED) is 0.0197. The highest BCUT2D eigenvalue weighted by Crippen LogP contribution is 2.26. The molecule has 4 N–H and O–H groups in total. The molecule has 6 unspecified atom stereocenters. The summed E-state index contributed by atoms with van der Waals surface area (Å²) in [7, 11) is -5.06. The van der Waals surface area contributed by atoms with Gasteiger partial charge in [-0.1, -0.05) is 212 Å². The average molecular weight is 921 g/mol. The summed E-state index contributed by atoms with van der Waals surface area (Å²) in [4.78, 5) is 12.8. The Morgan fingerprint density at radius 2 is 1.03 bits per heavy atom. The smallest absolute Gasteiger partial charge is 0.397 e. The first-order chi connectivity index (χ1) is 30.6. The van der Waals surface area contributed by atoms with Crippen molar-refractivity contribution in [3.8, 4) is 0 Å². The van der Waals surface area contributed by atoms with E-state index in [9.17, 15) is 28.5 Å². The molecule has 0 aromatic carbocycles. The molecule has 0 aromatic heterocycles. The minimum absolute atomic E-state index is 0.0382. The Morgan fingerprint density at radius 1 is 0.587 bits per heavy atom. The summed E-state index contributed by atoms with van der Waals surface area (Å²) in [5, 5.41) is 30.7. The number of ether oxygens (including phenoxy) is 4. The van der Waals surface area contributed by atoms with Crippen LogP contribution in [0.2, 0.25) is 0 Å². The summed E-state index contributed by atoms with van der Waals surface area (Å²) >= 11 is 0. The lowest BCUT2D eigenvalue weighted by Gasteiger charge is -2.41. The second-order valence-corrected chi connectivity index (χ2v) is 19.2. The van der Waals surface area contributed by atoms with E-state index < -0.39 is 59.8 Å². The Hall–Kier alpha value is -1.16. The molecule has 1 aliphatic rings. The highest BCUT2D eigenvalue weighted by Gasteiger charge is 2.48. The largest absolute Gasteiger partial charge is 0.457 e. The van der Waals surface area contributed by atoms with Gasteiger partial charge in [-0.05, 0) is 32.1 Å².